The molecule has 0 spiro atoms. The maximum Gasteiger partial charge on any atom is 0.321 e. The van der Waals surface area contributed by atoms with E-state index in [4.69, 9.17) is 4.74 Å². The summed E-state index contributed by atoms with van der Waals surface area (Å²) < 4.78 is 30.1. The van der Waals surface area contributed by atoms with Gasteiger partial charge in [0, 0.05) is 39.0 Å². The zero-order chi connectivity index (χ0) is 16.9. The highest BCUT2D eigenvalue weighted by Crippen LogP contribution is 2.14. The van der Waals surface area contributed by atoms with Crippen molar-refractivity contribution in [1.82, 2.24) is 9.21 Å². The molecule has 1 aromatic carbocycles. The van der Waals surface area contributed by atoms with Gasteiger partial charge in [-0.25, -0.2) is 13.2 Å². The molecule has 0 saturated carbocycles. The van der Waals surface area contributed by atoms with Gasteiger partial charge in [0.25, 0.3) is 0 Å². The summed E-state index contributed by atoms with van der Waals surface area (Å²) in [5, 5.41) is 2.84. The number of hydrogen-bond donors (Lipinski definition) is 1. The molecule has 0 aliphatic carbocycles. The van der Waals surface area contributed by atoms with Gasteiger partial charge in [0.1, 0.15) is 0 Å². The first-order valence-electron chi connectivity index (χ1n) is 7.58. The Balaban J connectivity index is 1.92. The fourth-order valence-electron chi connectivity index (χ4n) is 2.46. The summed E-state index contributed by atoms with van der Waals surface area (Å²) >= 11 is 0. The molecule has 1 N–H and O–H groups in total. The molecule has 128 valence electrons. The summed E-state index contributed by atoms with van der Waals surface area (Å²) in [6.07, 6.45) is 0. The second-order valence-electron chi connectivity index (χ2n) is 5.35. The number of rotatable bonds is 5. The standard InChI is InChI=1S/C15H23N3O4S/c1-3-23(20,21)18-9-7-17(8-10-18)15(19)16-14-6-4-5-13(11-14)12-22-2/h4-6,11H,3,7-10,12H2,1-2H3,(H,16,19). The van der Waals surface area contributed by atoms with Crippen molar-refractivity contribution < 1.29 is 17.9 Å². The maximum atomic E-state index is 12.3. The molecule has 1 aliphatic heterocycles. The van der Waals surface area contributed by atoms with Crippen LogP contribution in [0.15, 0.2) is 24.3 Å². The van der Waals surface area contributed by atoms with E-state index in [0.717, 1.165) is 5.56 Å². The third-order valence-corrected chi connectivity index (χ3v) is 5.65. The molecule has 0 unspecified atom stereocenters. The molecule has 1 fully saturated rings. The first-order valence-corrected chi connectivity index (χ1v) is 9.19. The van der Waals surface area contributed by atoms with Crippen molar-refractivity contribution in [3.63, 3.8) is 0 Å². The van der Waals surface area contributed by atoms with Crippen LogP contribution in [0, 0.1) is 0 Å². The molecule has 1 aliphatic rings. The van der Waals surface area contributed by atoms with Crippen molar-refractivity contribution in [2.75, 3.05) is 44.4 Å². The average Bonchev–Trinajstić information content (AvgIpc) is 2.55. The molecule has 8 heteroatoms. The fraction of sp³-hybridized carbons (Fsp3) is 0.533. The highest BCUT2D eigenvalue weighted by Gasteiger charge is 2.27. The Kier molecular flexibility index (Phi) is 5.97. The lowest BCUT2D eigenvalue weighted by Gasteiger charge is -2.33. The Morgan fingerprint density at radius 2 is 1.96 bits per heavy atom. The van der Waals surface area contributed by atoms with Crippen molar-refractivity contribution >= 4 is 21.7 Å². The molecule has 23 heavy (non-hydrogen) atoms. The van der Waals surface area contributed by atoms with Gasteiger partial charge in [0.05, 0.1) is 12.4 Å². The van der Waals surface area contributed by atoms with Crippen LogP contribution in [0.4, 0.5) is 10.5 Å². The quantitative estimate of drug-likeness (QED) is 0.876. The van der Waals surface area contributed by atoms with Crippen LogP contribution in [0.3, 0.4) is 0 Å². The molecule has 7 nitrogen and oxygen atoms in total. The monoisotopic (exact) mass is 341 g/mol. The second-order valence-corrected chi connectivity index (χ2v) is 7.61. The first kappa shape index (κ1) is 17.7. The summed E-state index contributed by atoms with van der Waals surface area (Å²) in [7, 11) is -1.56. The molecule has 0 atom stereocenters. The van der Waals surface area contributed by atoms with E-state index in [1.165, 1.54) is 4.31 Å². The number of carbonyl (C=O) groups is 1. The molecular weight excluding hydrogens is 318 g/mol. The number of methoxy groups -OCH3 is 1. The normalized spacial score (nSPS) is 16.3. The van der Waals surface area contributed by atoms with Crippen LogP contribution < -0.4 is 5.32 Å². The number of nitrogens with zero attached hydrogens (tertiary/aromatic N) is 2. The Hall–Kier alpha value is -1.64. The van der Waals surface area contributed by atoms with E-state index in [2.05, 4.69) is 5.32 Å². The Morgan fingerprint density at radius 1 is 1.26 bits per heavy atom. The Labute approximate surface area is 137 Å². The third-order valence-electron chi connectivity index (χ3n) is 3.77. The minimum Gasteiger partial charge on any atom is -0.380 e. The van der Waals surface area contributed by atoms with Crippen LogP contribution in [0.1, 0.15) is 12.5 Å². The minimum absolute atomic E-state index is 0.0888. The SMILES string of the molecule is CCS(=O)(=O)N1CCN(C(=O)Nc2cccc(COC)c2)CC1. The van der Waals surface area contributed by atoms with Crippen molar-refractivity contribution in [2.24, 2.45) is 0 Å². The molecule has 1 aromatic rings. The number of ether oxygens (including phenoxy) is 1. The molecule has 0 aromatic heterocycles. The van der Waals surface area contributed by atoms with E-state index in [9.17, 15) is 13.2 Å². The van der Waals surface area contributed by atoms with Crippen molar-refractivity contribution in [3.8, 4) is 0 Å². The van der Waals surface area contributed by atoms with Crippen LogP contribution in [-0.2, 0) is 21.4 Å². The molecule has 1 heterocycles. The van der Waals surface area contributed by atoms with Gasteiger partial charge in [-0.2, -0.15) is 4.31 Å². The lowest BCUT2D eigenvalue weighted by Crippen LogP contribution is -2.51. The molecule has 2 amide bonds. The third kappa shape index (κ3) is 4.66. The fourth-order valence-corrected chi connectivity index (χ4v) is 3.54. The molecule has 2 rings (SSSR count). The zero-order valence-electron chi connectivity index (χ0n) is 13.5. The predicted octanol–water partition coefficient (Wildman–Crippen LogP) is 1.33. The van der Waals surface area contributed by atoms with Gasteiger partial charge in [-0.1, -0.05) is 12.1 Å². The van der Waals surface area contributed by atoms with E-state index in [0.29, 0.717) is 38.5 Å². The lowest BCUT2D eigenvalue weighted by atomic mass is 10.2. The number of amides is 2. The Morgan fingerprint density at radius 3 is 2.57 bits per heavy atom. The van der Waals surface area contributed by atoms with Crippen molar-refractivity contribution in [1.29, 1.82) is 0 Å². The van der Waals surface area contributed by atoms with Gasteiger partial charge < -0.3 is 15.0 Å². The summed E-state index contributed by atoms with van der Waals surface area (Å²) in [4.78, 5) is 13.9. The summed E-state index contributed by atoms with van der Waals surface area (Å²) in [6.45, 7) is 3.57. The molecule has 0 radical (unpaired) electrons. The predicted molar refractivity (Wildman–Crippen MR) is 88.8 cm³/mol. The van der Waals surface area contributed by atoms with Gasteiger partial charge in [-0.3, -0.25) is 0 Å². The lowest BCUT2D eigenvalue weighted by molar-refractivity contribution is 0.184. The van der Waals surface area contributed by atoms with Crippen molar-refractivity contribution in [2.45, 2.75) is 13.5 Å². The minimum atomic E-state index is -3.18. The topological polar surface area (TPSA) is 79.0 Å². The number of hydrogen-bond acceptors (Lipinski definition) is 4. The van der Waals surface area contributed by atoms with Gasteiger partial charge in [-0.05, 0) is 24.6 Å². The first-order chi connectivity index (χ1) is 11.0. The van der Waals surface area contributed by atoms with Crippen LogP contribution in [0.25, 0.3) is 0 Å². The number of nitrogens with one attached hydrogen (secondary N) is 1. The maximum absolute atomic E-state index is 12.3. The number of carbonyl (C=O) groups excluding carboxylic acids is 1. The van der Waals surface area contributed by atoms with Gasteiger partial charge in [0.15, 0.2) is 0 Å². The van der Waals surface area contributed by atoms with Crippen LogP contribution in [0.5, 0.6) is 0 Å². The van der Waals surface area contributed by atoms with Gasteiger partial charge in [0.2, 0.25) is 10.0 Å². The summed E-state index contributed by atoms with van der Waals surface area (Å²) in [5.74, 6) is 0.0888. The van der Waals surface area contributed by atoms with E-state index in [1.807, 2.05) is 24.3 Å². The number of anilines is 1. The van der Waals surface area contributed by atoms with E-state index >= 15 is 0 Å². The largest absolute Gasteiger partial charge is 0.380 e. The Bertz CT molecular complexity index is 640. The highest BCUT2D eigenvalue weighted by molar-refractivity contribution is 7.89. The van der Waals surface area contributed by atoms with Gasteiger partial charge in [-0.15, -0.1) is 0 Å². The van der Waals surface area contributed by atoms with Gasteiger partial charge >= 0.3 is 6.03 Å². The number of benzene rings is 1. The van der Waals surface area contributed by atoms with E-state index in [-0.39, 0.29) is 11.8 Å². The van der Waals surface area contributed by atoms with E-state index in [1.54, 1.807) is 18.9 Å². The number of urea groups is 1. The smallest absolute Gasteiger partial charge is 0.321 e. The zero-order valence-corrected chi connectivity index (χ0v) is 14.3. The summed E-state index contributed by atoms with van der Waals surface area (Å²) in [5.41, 5.74) is 1.68. The second kappa shape index (κ2) is 7.76. The molecule has 1 saturated heterocycles. The summed E-state index contributed by atoms with van der Waals surface area (Å²) in [6, 6.07) is 7.24. The molecular formula is C15H23N3O4S. The number of sulfonamides is 1. The van der Waals surface area contributed by atoms with E-state index < -0.39 is 10.0 Å². The average molecular weight is 341 g/mol. The number of piperazine rings is 1. The van der Waals surface area contributed by atoms with Crippen LogP contribution in [0.2, 0.25) is 0 Å². The van der Waals surface area contributed by atoms with Crippen LogP contribution in [-0.4, -0.2) is 62.7 Å². The van der Waals surface area contributed by atoms with Crippen LogP contribution >= 0.6 is 0 Å². The van der Waals surface area contributed by atoms with Crippen molar-refractivity contribution in [3.05, 3.63) is 29.8 Å². The molecule has 0 bridgehead atoms. The highest BCUT2D eigenvalue weighted by atomic mass is 32.2.